The van der Waals surface area contributed by atoms with Gasteiger partial charge in [-0.05, 0) is 37.5 Å². The summed E-state index contributed by atoms with van der Waals surface area (Å²) in [6, 6.07) is 0.334. The smallest absolute Gasteiger partial charge is 0.00446 e. The highest BCUT2D eigenvalue weighted by atomic mass is 14.6. The van der Waals surface area contributed by atoms with Crippen LogP contribution >= 0.6 is 0 Å². The quantitative estimate of drug-likeness (QED) is 0.668. The van der Waals surface area contributed by atoms with Crippen molar-refractivity contribution < 1.29 is 0 Å². The predicted octanol–water partition coefficient (Wildman–Crippen LogP) is 3.74. The molecule has 0 aliphatic heterocycles. The van der Waals surface area contributed by atoms with Crippen molar-refractivity contribution in [2.45, 2.75) is 59.9 Å². The lowest BCUT2D eigenvalue weighted by Gasteiger charge is -2.29. The molecule has 0 amide bonds. The molecule has 0 spiro atoms. The average molecular weight is 197 g/mol. The summed E-state index contributed by atoms with van der Waals surface area (Å²) >= 11 is 0. The maximum absolute atomic E-state index is 6.08. The highest BCUT2D eigenvalue weighted by Gasteiger charge is 2.21. The maximum Gasteiger partial charge on any atom is 0.00446 e. The third-order valence-corrected chi connectivity index (χ3v) is 3.08. The summed E-state index contributed by atoms with van der Waals surface area (Å²) in [7, 11) is 0. The Labute approximate surface area is 89.8 Å². The molecule has 0 fully saturated rings. The van der Waals surface area contributed by atoms with Gasteiger partial charge in [0.1, 0.15) is 0 Å². The van der Waals surface area contributed by atoms with Gasteiger partial charge in [-0.3, -0.25) is 0 Å². The van der Waals surface area contributed by atoms with Crippen molar-refractivity contribution in [2.24, 2.45) is 17.1 Å². The molecule has 0 aliphatic rings. The average Bonchev–Trinajstić information content (AvgIpc) is 1.99. The van der Waals surface area contributed by atoms with Crippen LogP contribution in [-0.4, -0.2) is 6.04 Å². The van der Waals surface area contributed by atoms with Crippen LogP contribution in [0.2, 0.25) is 0 Å². The number of nitrogens with two attached hydrogens (primary N) is 1. The van der Waals surface area contributed by atoms with Crippen molar-refractivity contribution in [3.8, 4) is 0 Å². The fraction of sp³-hybridized carbons (Fsp3) is 0.846. The molecule has 0 bridgehead atoms. The predicted molar refractivity (Wildman–Crippen MR) is 65.3 cm³/mol. The molecule has 0 saturated carbocycles. The van der Waals surface area contributed by atoms with Gasteiger partial charge in [-0.25, -0.2) is 0 Å². The molecule has 14 heavy (non-hydrogen) atoms. The van der Waals surface area contributed by atoms with Gasteiger partial charge in [-0.1, -0.05) is 33.3 Å². The minimum Gasteiger partial charge on any atom is -0.328 e. The van der Waals surface area contributed by atoms with Crippen LogP contribution in [0.15, 0.2) is 12.2 Å². The second-order valence-corrected chi connectivity index (χ2v) is 5.76. The first-order valence-electron chi connectivity index (χ1n) is 5.63. The van der Waals surface area contributed by atoms with E-state index in [1.807, 2.05) is 0 Å². The molecule has 0 aliphatic carbocycles. The molecule has 2 atom stereocenters. The van der Waals surface area contributed by atoms with Gasteiger partial charge in [0.2, 0.25) is 0 Å². The van der Waals surface area contributed by atoms with Crippen molar-refractivity contribution >= 4 is 0 Å². The Balaban J connectivity index is 3.82. The van der Waals surface area contributed by atoms with Crippen LogP contribution in [0.1, 0.15) is 53.9 Å². The first-order valence-corrected chi connectivity index (χ1v) is 5.63. The molecule has 1 nitrogen and oxygen atoms in total. The molecule has 0 saturated heterocycles. The largest absolute Gasteiger partial charge is 0.328 e. The van der Waals surface area contributed by atoms with Gasteiger partial charge in [0.05, 0.1) is 0 Å². The minimum absolute atomic E-state index is 0.334. The monoisotopic (exact) mass is 197 g/mol. The van der Waals surface area contributed by atoms with Gasteiger partial charge in [-0.2, -0.15) is 0 Å². The van der Waals surface area contributed by atoms with E-state index in [-0.39, 0.29) is 0 Å². The van der Waals surface area contributed by atoms with E-state index in [0.29, 0.717) is 17.4 Å². The molecular weight excluding hydrogens is 170 g/mol. The minimum atomic E-state index is 0.334. The lowest BCUT2D eigenvalue weighted by molar-refractivity contribution is 0.230. The van der Waals surface area contributed by atoms with Crippen LogP contribution in [0.3, 0.4) is 0 Å². The Hall–Kier alpha value is -0.300. The Morgan fingerprint density at radius 1 is 1.36 bits per heavy atom. The number of rotatable bonds is 5. The van der Waals surface area contributed by atoms with Crippen molar-refractivity contribution in [2.75, 3.05) is 0 Å². The highest BCUT2D eigenvalue weighted by molar-refractivity contribution is 4.89. The summed E-state index contributed by atoms with van der Waals surface area (Å²) < 4.78 is 0. The summed E-state index contributed by atoms with van der Waals surface area (Å²) in [6.07, 6.45) is 3.27. The van der Waals surface area contributed by atoms with Crippen molar-refractivity contribution in [1.82, 2.24) is 0 Å². The van der Waals surface area contributed by atoms with Gasteiger partial charge in [-0.15, -0.1) is 6.58 Å². The van der Waals surface area contributed by atoms with E-state index >= 15 is 0 Å². The molecule has 84 valence electrons. The van der Waals surface area contributed by atoms with Crippen LogP contribution in [0.4, 0.5) is 0 Å². The SMILES string of the molecule is C=C(C)CCC(N)CC(C)C(C)(C)C. The molecule has 0 rings (SSSR count). The Kier molecular flexibility index (Phi) is 5.43. The van der Waals surface area contributed by atoms with E-state index in [0.717, 1.165) is 19.3 Å². The van der Waals surface area contributed by atoms with E-state index in [1.165, 1.54) is 5.57 Å². The maximum atomic E-state index is 6.08. The van der Waals surface area contributed by atoms with Crippen LogP contribution < -0.4 is 5.73 Å². The molecule has 1 heteroatoms. The molecule has 0 aromatic rings. The van der Waals surface area contributed by atoms with Gasteiger partial charge in [0, 0.05) is 6.04 Å². The zero-order valence-corrected chi connectivity index (χ0v) is 10.6. The van der Waals surface area contributed by atoms with E-state index in [4.69, 9.17) is 5.73 Å². The van der Waals surface area contributed by atoms with E-state index in [2.05, 4.69) is 41.2 Å². The second kappa shape index (κ2) is 5.55. The third kappa shape index (κ3) is 6.20. The second-order valence-electron chi connectivity index (χ2n) is 5.76. The normalized spacial score (nSPS) is 16.4. The van der Waals surface area contributed by atoms with Crippen LogP contribution in [0.5, 0.6) is 0 Å². The summed E-state index contributed by atoms with van der Waals surface area (Å²) in [5.74, 6) is 0.683. The molecular formula is C13H27N. The summed E-state index contributed by atoms with van der Waals surface area (Å²) in [5.41, 5.74) is 7.69. The zero-order valence-electron chi connectivity index (χ0n) is 10.6. The fourth-order valence-electron chi connectivity index (χ4n) is 1.36. The standard InChI is InChI=1S/C13H27N/c1-10(2)7-8-12(14)9-11(3)13(4,5)6/h11-12H,1,7-9,14H2,2-6H3. The first-order chi connectivity index (χ1) is 6.23. The molecule has 2 unspecified atom stereocenters. The van der Waals surface area contributed by atoms with E-state index < -0.39 is 0 Å². The van der Waals surface area contributed by atoms with Gasteiger partial charge in [0.25, 0.3) is 0 Å². The summed E-state index contributed by atoms with van der Waals surface area (Å²) in [6.45, 7) is 15.1. The van der Waals surface area contributed by atoms with Crippen LogP contribution in [0, 0.1) is 11.3 Å². The van der Waals surface area contributed by atoms with E-state index in [9.17, 15) is 0 Å². The third-order valence-electron chi connectivity index (χ3n) is 3.08. The highest BCUT2D eigenvalue weighted by Crippen LogP contribution is 2.29. The van der Waals surface area contributed by atoms with Crippen molar-refractivity contribution in [3.63, 3.8) is 0 Å². The van der Waals surface area contributed by atoms with Crippen LogP contribution in [-0.2, 0) is 0 Å². The molecule has 2 N–H and O–H groups in total. The Morgan fingerprint density at radius 2 is 1.86 bits per heavy atom. The zero-order chi connectivity index (χ0) is 11.4. The van der Waals surface area contributed by atoms with Gasteiger partial charge < -0.3 is 5.73 Å². The van der Waals surface area contributed by atoms with Crippen LogP contribution in [0.25, 0.3) is 0 Å². The molecule has 0 aromatic heterocycles. The molecule has 0 heterocycles. The molecule has 0 aromatic carbocycles. The molecule has 0 radical (unpaired) electrons. The fourth-order valence-corrected chi connectivity index (χ4v) is 1.36. The number of hydrogen-bond donors (Lipinski definition) is 1. The number of allylic oxidation sites excluding steroid dienone is 1. The first kappa shape index (κ1) is 13.7. The lowest BCUT2D eigenvalue weighted by atomic mass is 9.78. The Morgan fingerprint density at radius 3 is 2.21 bits per heavy atom. The lowest BCUT2D eigenvalue weighted by Crippen LogP contribution is -2.28. The van der Waals surface area contributed by atoms with Gasteiger partial charge in [0.15, 0.2) is 0 Å². The van der Waals surface area contributed by atoms with Gasteiger partial charge >= 0.3 is 0 Å². The van der Waals surface area contributed by atoms with E-state index in [1.54, 1.807) is 0 Å². The summed E-state index contributed by atoms with van der Waals surface area (Å²) in [5, 5.41) is 0. The summed E-state index contributed by atoms with van der Waals surface area (Å²) in [4.78, 5) is 0. The van der Waals surface area contributed by atoms with Crippen molar-refractivity contribution in [3.05, 3.63) is 12.2 Å². The number of hydrogen-bond acceptors (Lipinski definition) is 1. The van der Waals surface area contributed by atoms with Crippen molar-refractivity contribution in [1.29, 1.82) is 0 Å². The Bertz CT molecular complexity index is 176. The topological polar surface area (TPSA) is 26.0 Å².